The Hall–Kier alpha value is -3.23. The number of carbonyl (C=O) groups is 2. The largest absolute Gasteiger partial charge is 0.491 e. The highest BCUT2D eigenvalue weighted by Gasteiger charge is 2.19. The average molecular weight is 481 g/mol. The molecular formula is C26H28N2O5S. The number of aromatic nitrogens is 1. The van der Waals surface area contributed by atoms with Crippen LogP contribution in [-0.2, 0) is 27.3 Å². The molecule has 0 radical (unpaired) electrons. The summed E-state index contributed by atoms with van der Waals surface area (Å²) < 4.78 is 16.7. The maximum Gasteiger partial charge on any atom is 0.338 e. The van der Waals surface area contributed by atoms with E-state index in [1.807, 2.05) is 24.3 Å². The number of hydrogen-bond donors (Lipinski definition) is 0. The van der Waals surface area contributed by atoms with E-state index in [4.69, 9.17) is 14.2 Å². The van der Waals surface area contributed by atoms with Crippen molar-refractivity contribution in [1.82, 2.24) is 4.98 Å². The number of rotatable bonds is 9. The molecule has 0 aliphatic carbocycles. The van der Waals surface area contributed by atoms with E-state index in [0.29, 0.717) is 28.7 Å². The van der Waals surface area contributed by atoms with Gasteiger partial charge in [-0.1, -0.05) is 19.1 Å². The van der Waals surface area contributed by atoms with E-state index in [1.54, 1.807) is 34.5 Å². The molecule has 8 heteroatoms. The summed E-state index contributed by atoms with van der Waals surface area (Å²) in [7, 11) is 0. The fourth-order valence-electron chi connectivity index (χ4n) is 3.65. The van der Waals surface area contributed by atoms with Gasteiger partial charge in [-0.05, 0) is 61.2 Å². The highest BCUT2D eigenvalue weighted by Crippen LogP contribution is 2.29. The lowest BCUT2D eigenvalue weighted by atomic mass is 10.1. The van der Waals surface area contributed by atoms with Crippen LogP contribution in [0, 0.1) is 0 Å². The van der Waals surface area contributed by atoms with Gasteiger partial charge in [0.15, 0.2) is 5.13 Å². The summed E-state index contributed by atoms with van der Waals surface area (Å²) in [4.78, 5) is 30.8. The normalized spacial score (nSPS) is 15.2. The first kappa shape index (κ1) is 23.9. The predicted octanol–water partition coefficient (Wildman–Crippen LogP) is 5.30. The highest BCUT2D eigenvalue weighted by atomic mass is 32.1. The Bertz CT molecular complexity index is 1100. The van der Waals surface area contributed by atoms with Gasteiger partial charge in [0.25, 0.3) is 0 Å². The Morgan fingerprint density at radius 3 is 2.56 bits per heavy atom. The molecule has 3 aromatic rings. The molecule has 1 saturated heterocycles. The molecule has 1 atom stereocenters. The molecule has 1 fully saturated rings. The number of hydrogen-bond acceptors (Lipinski definition) is 7. The number of thiazole rings is 1. The lowest BCUT2D eigenvalue weighted by Crippen LogP contribution is -2.22. The number of nitrogens with zero attached hydrogens (tertiary/aromatic N) is 2. The van der Waals surface area contributed by atoms with Crippen molar-refractivity contribution in [2.24, 2.45) is 0 Å². The smallest absolute Gasteiger partial charge is 0.338 e. The second-order valence-corrected chi connectivity index (χ2v) is 8.88. The molecule has 1 aliphatic heterocycles. The number of esters is 1. The highest BCUT2D eigenvalue weighted by molar-refractivity contribution is 7.14. The lowest BCUT2D eigenvalue weighted by Gasteiger charge is -2.18. The molecule has 7 nitrogen and oxygen atoms in total. The molecule has 0 bridgehead atoms. The minimum absolute atomic E-state index is 0.0210. The first-order valence-electron chi connectivity index (χ1n) is 11.4. The van der Waals surface area contributed by atoms with Crippen LogP contribution < -0.4 is 9.64 Å². The van der Waals surface area contributed by atoms with Crippen molar-refractivity contribution in [2.75, 3.05) is 18.1 Å². The van der Waals surface area contributed by atoms with Crippen LogP contribution in [0.5, 0.6) is 5.75 Å². The third kappa shape index (κ3) is 6.01. The molecule has 1 aromatic heterocycles. The SMILES string of the molecule is CCc1ccc(N(C(C)=O)c2nc(COC(=O)c3ccc(OCC4CCCO4)cc3)cs2)cc1. The Kier molecular flexibility index (Phi) is 7.92. The van der Waals surface area contributed by atoms with Crippen molar-refractivity contribution < 1.29 is 23.8 Å². The maximum absolute atomic E-state index is 12.5. The summed E-state index contributed by atoms with van der Waals surface area (Å²) in [6.07, 6.45) is 3.15. The number of anilines is 2. The van der Waals surface area contributed by atoms with Gasteiger partial charge in [-0.25, -0.2) is 9.78 Å². The Labute approximate surface area is 203 Å². The van der Waals surface area contributed by atoms with Crippen LogP contribution in [-0.4, -0.2) is 36.2 Å². The minimum atomic E-state index is -0.446. The van der Waals surface area contributed by atoms with Crippen LogP contribution in [0.15, 0.2) is 53.9 Å². The molecule has 2 heterocycles. The molecule has 1 amide bonds. The van der Waals surface area contributed by atoms with Gasteiger partial charge in [0, 0.05) is 18.9 Å². The van der Waals surface area contributed by atoms with Crippen LogP contribution >= 0.6 is 11.3 Å². The van der Waals surface area contributed by atoms with Gasteiger partial charge in [-0.15, -0.1) is 11.3 Å². The third-order valence-electron chi connectivity index (χ3n) is 5.55. The topological polar surface area (TPSA) is 78.0 Å². The second kappa shape index (κ2) is 11.3. The van der Waals surface area contributed by atoms with Crippen molar-refractivity contribution >= 4 is 34.0 Å². The monoisotopic (exact) mass is 480 g/mol. The fourth-order valence-corrected chi connectivity index (χ4v) is 4.52. The first-order chi connectivity index (χ1) is 16.5. The third-order valence-corrected chi connectivity index (χ3v) is 6.42. The van der Waals surface area contributed by atoms with E-state index in [2.05, 4.69) is 11.9 Å². The Morgan fingerprint density at radius 1 is 1.15 bits per heavy atom. The molecular weight excluding hydrogens is 452 g/mol. The minimum Gasteiger partial charge on any atom is -0.491 e. The molecule has 0 spiro atoms. The van der Waals surface area contributed by atoms with Crippen molar-refractivity contribution in [3.05, 3.63) is 70.7 Å². The van der Waals surface area contributed by atoms with E-state index in [-0.39, 0.29) is 18.6 Å². The second-order valence-electron chi connectivity index (χ2n) is 8.04. The number of carbonyl (C=O) groups excluding carboxylic acids is 2. The van der Waals surface area contributed by atoms with Crippen molar-refractivity contribution in [3.63, 3.8) is 0 Å². The van der Waals surface area contributed by atoms with E-state index >= 15 is 0 Å². The molecule has 0 N–H and O–H groups in total. The van der Waals surface area contributed by atoms with Gasteiger partial charge in [-0.3, -0.25) is 9.69 Å². The zero-order chi connectivity index (χ0) is 23.9. The van der Waals surface area contributed by atoms with Gasteiger partial charge < -0.3 is 14.2 Å². The number of amides is 1. The van der Waals surface area contributed by atoms with Crippen LogP contribution in [0.4, 0.5) is 10.8 Å². The van der Waals surface area contributed by atoms with Gasteiger partial charge in [-0.2, -0.15) is 0 Å². The van der Waals surface area contributed by atoms with Crippen LogP contribution in [0.2, 0.25) is 0 Å². The summed E-state index contributed by atoms with van der Waals surface area (Å²) in [6.45, 7) is 4.91. The van der Waals surface area contributed by atoms with Crippen molar-refractivity contribution in [2.45, 2.75) is 45.8 Å². The standard InChI is InChI=1S/C26H28N2O5S/c1-3-19-6-10-22(11-7-19)28(18(2)29)26-27-21(17-34-26)15-33-25(30)20-8-12-23(13-9-20)32-16-24-5-4-14-31-24/h6-13,17,24H,3-5,14-16H2,1-2H3. The number of aryl methyl sites for hydroxylation is 1. The molecule has 4 rings (SSSR count). The summed E-state index contributed by atoms with van der Waals surface area (Å²) in [6, 6.07) is 14.7. The first-order valence-corrected chi connectivity index (χ1v) is 12.3. The summed E-state index contributed by atoms with van der Waals surface area (Å²) in [5, 5.41) is 2.33. The van der Waals surface area contributed by atoms with Crippen molar-refractivity contribution in [1.29, 1.82) is 0 Å². The van der Waals surface area contributed by atoms with Gasteiger partial charge in [0.05, 0.1) is 23.0 Å². The van der Waals surface area contributed by atoms with E-state index in [0.717, 1.165) is 31.6 Å². The quantitative estimate of drug-likeness (QED) is 0.387. The van der Waals surface area contributed by atoms with E-state index in [9.17, 15) is 9.59 Å². The molecule has 1 aliphatic rings. The van der Waals surface area contributed by atoms with E-state index in [1.165, 1.54) is 23.8 Å². The van der Waals surface area contributed by atoms with Crippen LogP contribution in [0.1, 0.15) is 48.3 Å². The zero-order valence-electron chi connectivity index (χ0n) is 19.4. The van der Waals surface area contributed by atoms with Crippen LogP contribution in [0.3, 0.4) is 0 Å². The van der Waals surface area contributed by atoms with Gasteiger partial charge >= 0.3 is 5.97 Å². The Morgan fingerprint density at radius 2 is 1.91 bits per heavy atom. The average Bonchev–Trinajstić information content (AvgIpc) is 3.54. The predicted molar refractivity (Wildman–Crippen MR) is 131 cm³/mol. The Balaban J connectivity index is 1.33. The number of ether oxygens (including phenoxy) is 3. The van der Waals surface area contributed by atoms with E-state index < -0.39 is 5.97 Å². The van der Waals surface area contributed by atoms with Gasteiger partial charge in [0.1, 0.15) is 19.0 Å². The summed E-state index contributed by atoms with van der Waals surface area (Å²) in [5.74, 6) is 0.107. The maximum atomic E-state index is 12.5. The van der Waals surface area contributed by atoms with Gasteiger partial charge in [0.2, 0.25) is 5.91 Å². The zero-order valence-corrected chi connectivity index (χ0v) is 20.2. The molecule has 2 aromatic carbocycles. The van der Waals surface area contributed by atoms with Crippen LogP contribution in [0.25, 0.3) is 0 Å². The molecule has 178 valence electrons. The summed E-state index contributed by atoms with van der Waals surface area (Å²) in [5.41, 5.74) is 2.97. The fraction of sp³-hybridized carbons (Fsp3) is 0.346. The number of benzene rings is 2. The lowest BCUT2D eigenvalue weighted by molar-refractivity contribution is -0.115. The van der Waals surface area contributed by atoms with Crippen molar-refractivity contribution in [3.8, 4) is 5.75 Å². The molecule has 0 saturated carbocycles. The summed E-state index contributed by atoms with van der Waals surface area (Å²) >= 11 is 1.33. The molecule has 34 heavy (non-hydrogen) atoms. The molecule has 1 unspecified atom stereocenters.